The first-order chi connectivity index (χ1) is 5.96. The van der Waals surface area contributed by atoms with E-state index in [2.05, 4.69) is 4.74 Å². The van der Waals surface area contributed by atoms with Crippen LogP contribution in [-0.4, -0.2) is 7.11 Å². The molecule has 0 aromatic heterocycles. The third-order valence-electron chi connectivity index (χ3n) is 1.48. The Morgan fingerprint density at radius 2 is 1.92 bits per heavy atom. The average Bonchev–Trinajstić information content (AvgIpc) is 2.01. The first-order valence-corrected chi connectivity index (χ1v) is 3.74. The Hall–Kier alpha value is -0.900. The van der Waals surface area contributed by atoms with E-state index < -0.39 is 11.7 Å². The largest absolute Gasteiger partial charge is 0.496 e. The second-order valence-electron chi connectivity index (χ2n) is 2.31. The SMILES string of the molecule is COc1cccc(Cl)c1C(F)(F)F. The van der Waals surface area contributed by atoms with Crippen molar-refractivity contribution in [1.82, 2.24) is 0 Å². The minimum Gasteiger partial charge on any atom is -0.496 e. The van der Waals surface area contributed by atoms with Gasteiger partial charge in [0.2, 0.25) is 0 Å². The first-order valence-electron chi connectivity index (χ1n) is 3.36. The van der Waals surface area contributed by atoms with E-state index in [1.165, 1.54) is 25.3 Å². The van der Waals surface area contributed by atoms with E-state index in [-0.39, 0.29) is 10.8 Å². The molecule has 0 bridgehead atoms. The van der Waals surface area contributed by atoms with Crippen molar-refractivity contribution < 1.29 is 17.9 Å². The molecule has 0 unspecified atom stereocenters. The van der Waals surface area contributed by atoms with Crippen molar-refractivity contribution in [1.29, 1.82) is 0 Å². The fourth-order valence-electron chi connectivity index (χ4n) is 0.950. The van der Waals surface area contributed by atoms with Crippen molar-refractivity contribution in [3.05, 3.63) is 28.8 Å². The van der Waals surface area contributed by atoms with E-state index in [0.717, 1.165) is 0 Å². The molecule has 13 heavy (non-hydrogen) atoms. The molecule has 1 aromatic rings. The molecule has 0 atom stereocenters. The van der Waals surface area contributed by atoms with Gasteiger partial charge in [0.25, 0.3) is 0 Å². The highest BCUT2D eigenvalue weighted by atomic mass is 35.5. The smallest absolute Gasteiger partial charge is 0.421 e. The van der Waals surface area contributed by atoms with Gasteiger partial charge in [0.05, 0.1) is 12.1 Å². The number of methoxy groups -OCH3 is 1. The maximum atomic E-state index is 12.3. The lowest BCUT2D eigenvalue weighted by atomic mass is 10.2. The summed E-state index contributed by atoms with van der Waals surface area (Å²) in [6, 6.07) is 3.79. The Labute approximate surface area is 78.1 Å². The topological polar surface area (TPSA) is 9.23 Å². The number of ether oxygens (including phenoxy) is 1. The van der Waals surface area contributed by atoms with Crippen LogP contribution in [0.25, 0.3) is 0 Å². The standard InChI is InChI=1S/C8H6ClF3O/c1-13-6-4-2-3-5(9)7(6)8(10,11)12/h2-4H,1H3. The van der Waals surface area contributed by atoms with Gasteiger partial charge in [-0.3, -0.25) is 0 Å². The van der Waals surface area contributed by atoms with Gasteiger partial charge in [-0.15, -0.1) is 0 Å². The number of alkyl halides is 3. The van der Waals surface area contributed by atoms with Gasteiger partial charge >= 0.3 is 6.18 Å². The summed E-state index contributed by atoms with van der Waals surface area (Å²) < 4.78 is 41.5. The van der Waals surface area contributed by atoms with Crippen molar-refractivity contribution in [3.8, 4) is 5.75 Å². The first kappa shape index (κ1) is 10.2. The van der Waals surface area contributed by atoms with Gasteiger partial charge in [0.1, 0.15) is 11.3 Å². The molecule has 1 rings (SSSR count). The molecular weight excluding hydrogens is 205 g/mol. The quantitative estimate of drug-likeness (QED) is 0.691. The Bertz CT molecular complexity index is 309. The monoisotopic (exact) mass is 210 g/mol. The molecule has 0 saturated heterocycles. The molecular formula is C8H6ClF3O. The van der Waals surface area contributed by atoms with Crippen LogP contribution in [0.1, 0.15) is 5.56 Å². The number of hydrogen-bond acceptors (Lipinski definition) is 1. The summed E-state index contributed by atoms with van der Waals surface area (Å²) in [5.41, 5.74) is -0.931. The normalized spacial score (nSPS) is 11.5. The van der Waals surface area contributed by atoms with Crippen LogP contribution in [0.3, 0.4) is 0 Å². The Kier molecular flexibility index (Phi) is 2.71. The lowest BCUT2D eigenvalue weighted by Crippen LogP contribution is -2.08. The van der Waals surface area contributed by atoms with Crippen molar-refractivity contribution in [2.45, 2.75) is 6.18 Å². The molecule has 0 saturated carbocycles. The highest BCUT2D eigenvalue weighted by Gasteiger charge is 2.36. The lowest BCUT2D eigenvalue weighted by molar-refractivity contribution is -0.138. The second kappa shape index (κ2) is 3.46. The summed E-state index contributed by atoms with van der Waals surface area (Å²) in [6.45, 7) is 0. The van der Waals surface area contributed by atoms with Gasteiger partial charge in [-0.05, 0) is 12.1 Å². The molecule has 0 fully saturated rings. The fraction of sp³-hybridized carbons (Fsp3) is 0.250. The fourth-order valence-corrected chi connectivity index (χ4v) is 1.22. The number of benzene rings is 1. The molecule has 0 aliphatic heterocycles. The van der Waals surface area contributed by atoms with Crippen molar-refractivity contribution in [3.63, 3.8) is 0 Å². The Morgan fingerprint density at radius 1 is 1.31 bits per heavy atom. The zero-order valence-corrected chi connectivity index (χ0v) is 7.41. The minimum atomic E-state index is -4.48. The molecule has 0 spiro atoms. The van der Waals surface area contributed by atoms with E-state index in [9.17, 15) is 13.2 Å². The van der Waals surface area contributed by atoms with Crippen LogP contribution >= 0.6 is 11.6 Å². The molecule has 0 aliphatic carbocycles. The average molecular weight is 211 g/mol. The maximum Gasteiger partial charge on any atom is 0.421 e. The van der Waals surface area contributed by atoms with Crippen LogP contribution in [0.4, 0.5) is 13.2 Å². The molecule has 0 amide bonds. The summed E-state index contributed by atoms with van der Waals surface area (Å²) in [4.78, 5) is 0. The van der Waals surface area contributed by atoms with Gasteiger partial charge in [0.15, 0.2) is 0 Å². The second-order valence-corrected chi connectivity index (χ2v) is 2.72. The maximum absolute atomic E-state index is 12.3. The van der Waals surface area contributed by atoms with Gasteiger partial charge < -0.3 is 4.74 Å². The summed E-state index contributed by atoms with van der Waals surface area (Å²) in [5.74, 6) is -0.264. The Morgan fingerprint density at radius 3 is 2.31 bits per heavy atom. The molecule has 1 aromatic carbocycles. The molecule has 5 heteroatoms. The van der Waals surface area contributed by atoms with E-state index in [1.54, 1.807) is 0 Å². The predicted octanol–water partition coefficient (Wildman–Crippen LogP) is 3.37. The molecule has 0 heterocycles. The summed E-state index contributed by atoms with van der Waals surface area (Å²) in [7, 11) is 1.17. The third kappa shape index (κ3) is 2.06. The molecule has 72 valence electrons. The van der Waals surface area contributed by atoms with Crippen LogP contribution in [0.15, 0.2) is 18.2 Å². The van der Waals surface area contributed by atoms with Crippen LogP contribution in [0.2, 0.25) is 5.02 Å². The third-order valence-corrected chi connectivity index (χ3v) is 1.79. The predicted molar refractivity (Wildman–Crippen MR) is 43.0 cm³/mol. The van der Waals surface area contributed by atoms with Crippen LogP contribution in [0.5, 0.6) is 5.75 Å². The van der Waals surface area contributed by atoms with E-state index >= 15 is 0 Å². The number of rotatable bonds is 1. The van der Waals surface area contributed by atoms with Crippen LogP contribution < -0.4 is 4.74 Å². The molecule has 0 aliphatic rings. The van der Waals surface area contributed by atoms with E-state index in [1.807, 2.05) is 0 Å². The van der Waals surface area contributed by atoms with Crippen molar-refractivity contribution in [2.75, 3.05) is 7.11 Å². The van der Waals surface area contributed by atoms with Gasteiger partial charge in [-0.1, -0.05) is 17.7 Å². The highest BCUT2D eigenvalue weighted by molar-refractivity contribution is 6.31. The summed E-state index contributed by atoms with van der Waals surface area (Å²) in [6.07, 6.45) is -4.48. The number of halogens is 4. The van der Waals surface area contributed by atoms with Crippen LogP contribution in [-0.2, 0) is 6.18 Å². The van der Waals surface area contributed by atoms with Crippen molar-refractivity contribution in [2.24, 2.45) is 0 Å². The minimum absolute atomic E-state index is 0.264. The molecule has 1 nitrogen and oxygen atoms in total. The summed E-state index contributed by atoms with van der Waals surface area (Å²) in [5, 5.41) is -0.355. The lowest BCUT2D eigenvalue weighted by Gasteiger charge is -2.12. The van der Waals surface area contributed by atoms with Crippen LogP contribution in [0, 0.1) is 0 Å². The highest BCUT2D eigenvalue weighted by Crippen LogP contribution is 2.40. The zero-order valence-electron chi connectivity index (χ0n) is 6.65. The van der Waals surface area contributed by atoms with Gasteiger partial charge in [-0.25, -0.2) is 0 Å². The van der Waals surface area contributed by atoms with Gasteiger partial charge in [0, 0.05) is 0 Å². The number of hydrogen-bond donors (Lipinski definition) is 0. The van der Waals surface area contributed by atoms with Crippen molar-refractivity contribution >= 4 is 11.6 Å². The molecule has 0 radical (unpaired) electrons. The van der Waals surface area contributed by atoms with Gasteiger partial charge in [-0.2, -0.15) is 13.2 Å². The molecule has 0 N–H and O–H groups in total. The summed E-state index contributed by atoms with van der Waals surface area (Å²) >= 11 is 5.39. The zero-order chi connectivity index (χ0) is 10.1. The Balaban J connectivity index is 3.32. The van der Waals surface area contributed by atoms with E-state index in [0.29, 0.717) is 0 Å². The van der Waals surface area contributed by atoms with E-state index in [4.69, 9.17) is 11.6 Å².